The quantitative estimate of drug-likeness (QED) is 0.234. The van der Waals surface area contributed by atoms with E-state index < -0.39 is 7.60 Å². The van der Waals surface area contributed by atoms with Gasteiger partial charge in [-0.3, -0.25) is 4.57 Å². The number of rotatable bonds is 10. The van der Waals surface area contributed by atoms with Crippen LogP contribution in [0.1, 0.15) is 62.9 Å². The van der Waals surface area contributed by atoms with Crippen LogP contribution in [0.25, 0.3) is 11.0 Å². The molecule has 0 radical (unpaired) electrons. The molecule has 1 saturated heterocycles. The number of fused-ring (bicyclic) bond motifs is 2. The lowest BCUT2D eigenvalue weighted by atomic mass is 10.1. The van der Waals surface area contributed by atoms with Gasteiger partial charge in [0.05, 0.1) is 43.1 Å². The van der Waals surface area contributed by atoms with Crippen molar-refractivity contribution in [3.63, 3.8) is 0 Å². The normalized spacial score (nSPS) is 21.8. The molecule has 0 N–H and O–H groups in total. The number of ether oxygens (including phenoxy) is 1. The molecule has 0 unspecified atom stereocenters. The maximum atomic E-state index is 12.8. The molecule has 1 aliphatic heterocycles. The van der Waals surface area contributed by atoms with Gasteiger partial charge in [-0.1, -0.05) is 24.3 Å². The monoisotopic (exact) mass is 533 g/mol. The Hall–Kier alpha value is -2.03. The summed E-state index contributed by atoms with van der Waals surface area (Å²) in [5, 5.41) is 5.66. The predicted octanol–water partition coefficient (Wildman–Crippen LogP) is 5.94. The first-order valence-corrected chi connectivity index (χ1v) is 14.8. The molecule has 0 spiro atoms. The summed E-state index contributed by atoms with van der Waals surface area (Å²) < 4.78 is 31.8. The summed E-state index contributed by atoms with van der Waals surface area (Å²) in [5.41, 5.74) is 3.36. The molecule has 0 amide bonds. The van der Waals surface area contributed by atoms with Crippen LogP contribution in [0.2, 0.25) is 5.28 Å². The van der Waals surface area contributed by atoms with Crippen molar-refractivity contribution in [1.29, 1.82) is 0 Å². The number of hydrogen-bond donors (Lipinski definition) is 0. The average molecular weight is 534 g/mol. The SMILES string of the molecule is CCOP(=O)(CC[C@@H]1CC[C@H](n2ncc3c(N(C)[C@H]4CCc5ccccc54)nc(Cl)nc32)O1)OCC. The van der Waals surface area contributed by atoms with Crippen LogP contribution in [0, 0.1) is 0 Å². The lowest BCUT2D eigenvalue weighted by Gasteiger charge is -2.27. The third-order valence-corrected chi connectivity index (χ3v) is 9.32. The van der Waals surface area contributed by atoms with Crippen LogP contribution in [-0.2, 0) is 24.8 Å². The second-order valence-electron chi connectivity index (χ2n) is 9.26. The highest BCUT2D eigenvalue weighted by Gasteiger charge is 2.33. The fourth-order valence-electron chi connectivity index (χ4n) is 5.39. The molecule has 1 fully saturated rings. The molecule has 0 saturated carbocycles. The number of nitrogens with zero attached hydrogens (tertiary/aromatic N) is 5. The second-order valence-corrected chi connectivity index (χ2v) is 11.8. The Morgan fingerprint density at radius 2 is 1.94 bits per heavy atom. The average Bonchev–Trinajstić information content (AvgIpc) is 3.60. The van der Waals surface area contributed by atoms with E-state index in [1.807, 2.05) is 13.8 Å². The fraction of sp³-hybridized carbons (Fsp3) is 0.560. The fourth-order valence-corrected chi connectivity index (χ4v) is 7.27. The van der Waals surface area contributed by atoms with Crippen molar-refractivity contribution in [2.45, 2.75) is 64.3 Å². The molecule has 9 nitrogen and oxygen atoms in total. The van der Waals surface area contributed by atoms with Crippen LogP contribution < -0.4 is 4.90 Å². The van der Waals surface area contributed by atoms with Crippen molar-refractivity contribution in [3.05, 3.63) is 46.9 Å². The molecule has 194 valence electrons. The van der Waals surface area contributed by atoms with E-state index >= 15 is 0 Å². The van der Waals surface area contributed by atoms with Crippen molar-refractivity contribution in [1.82, 2.24) is 19.7 Å². The maximum Gasteiger partial charge on any atom is 0.330 e. The van der Waals surface area contributed by atoms with Crippen LogP contribution in [0.5, 0.6) is 0 Å². The molecule has 2 aliphatic rings. The summed E-state index contributed by atoms with van der Waals surface area (Å²) in [6, 6.07) is 8.78. The van der Waals surface area contributed by atoms with Crippen LogP contribution in [0.3, 0.4) is 0 Å². The van der Waals surface area contributed by atoms with E-state index in [0.29, 0.717) is 31.4 Å². The third kappa shape index (κ3) is 5.04. The summed E-state index contributed by atoms with van der Waals surface area (Å²) in [5.74, 6) is 0.766. The van der Waals surface area contributed by atoms with Crippen LogP contribution in [0.4, 0.5) is 5.82 Å². The topological polar surface area (TPSA) is 91.6 Å². The summed E-state index contributed by atoms with van der Waals surface area (Å²) in [4.78, 5) is 11.3. The number of halogens is 1. The number of aromatic nitrogens is 4. The second kappa shape index (κ2) is 10.8. The zero-order valence-electron chi connectivity index (χ0n) is 21.0. The van der Waals surface area contributed by atoms with Crippen molar-refractivity contribution in [2.24, 2.45) is 0 Å². The van der Waals surface area contributed by atoms with E-state index in [0.717, 1.165) is 36.9 Å². The Labute approximate surface area is 216 Å². The number of anilines is 1. The van der Waals surface area contributed by atoms with Crippen molar-refractivity contribution < 1.29 is 18.3 Å². The summed E-state index contributed by atoms with van der Waals surface area (Å²) in [6.45, 7) is 4.35. The Morgan fingerprint density at radius 1 is 1.17 bits per heavy atom. The van der Waals surface area contributed by atoms with E-state index in [-0.39, 0.29) is 23.7 Å². The zero-order chi connectivity index (χ0) is 25.3. The minimum Gasteiger partial charge on any atom is -0.353 e. The molecule has 36 heavy (non-hydrogen) atoms. The van der Waals surface area contributed by atoms with E-state index in [2.05, 4.69) is 51.3 Å². The molecule has 11 heteroatoms. The molecule has 0 bridgehead atoms. The van der Waals surface area contributed by atoms with Crippen LogP contribution >= 0.6 is 19.2 Å². The van der Waals surface area contributed by atoms with Gasteiger partial charge in [-0.2, -0.15) is 15.1 Å². The summed E-state index contributed by atoms with van der Waals surface area (Å²) in [7, 11) is -1.04. The van der Waals surface area contributed by atoms with Crippen LogP contribution in [-0.4, -0.2) is 52.3 Å². The molecular weight excluding hydrogens is 501 g/mol. The van der Waals surface area contributed by atoms with Gasteiger partial charge in [0.25, 0.3) is 0 Å². The Bertz CT molecular complexity index is 1260. The first-order valence-electron chi connectivity index (χ1n) is 12.7. The van der Waals surface area contributed by atoms with Crippen molar-refractivity contribution in [3.8, 4) is 0 Å². The minimum atomic E-state index is -3.09. The smallest absolute Gasteiger partial charge is 0.330 e. The first-order chi connectivity index (χ1) is 17.4. The van der Waals surface area contributed by atoms with Gasteiger partial charge in [-0.05, 0) is 68.7 Å². The number of benzene rings is 1. The van der Waals surface area contributed by atoms with E-state index in [1.165, 1.54) is 11.1 Å². The lowest BCUT2D eigenvalue weighted by Crippen LogP contribution is -2.23. The molecule has 1 aromatic carbocycles. The van der Waals surface area contributed by atoms with Crippen LogP contribution in [0.15, 0.2) is 30.5 Å². The Kier molecular flexibility index (Phi) is 7.65. The summed E-state index contributed by atoms with van der Waals surface area (Å²) >= 11 is 6.41. The molecule has 3 aromatic rings. The highest BCUT2D eigenvalue weighted by atomic mass is 35.5. The van der Waals surface area contributed by atoms with Gasteiger partial charge < -0.3 is 18.7 Å². The highest BCUT2D eigenvalue weighted by molar-refractivity contribution is 7.53. The molecule has 2 aromatic heterocycles. The van der Waals surface area contributed by atoms with Gasteiger partial charge in [0, 0.05) is 7.05 Å². The van der Waals surface area contributed by atoms with Crippen molar-refractivity contribution >= 4 is 36.0 Å². The van der Waals surface area contributed by atoms with Gasteiger partial charge in [-0.15, -0.1) is 0 Å². The molecule has 5 rings (SSSR count). The van der Waals surface area contributed by atoms with Gasteiger partial charge in [0.1, 0.15) is 5.82 Å². The van der Waals surface area contributed by atoms with Gasteiger partial charge >= 0.3 is 7.60 Å². The van der Waals surface area contributed by atoms with E-state index in [9.17, 15) is 4.57 Å². The standard InChI is InChI=1S/C25H33ClN5O4P/c1-4-33-36(32,34-5-2)15-14-18-11-13-22(35-18)31-24-20(16-27-31)23(28-25(26)29-24)30(3)21-12-10-17-8-6-7-9-19(17)21/h6-9,16,18,21-22H,4-5,10-15H2,1-3H3/t18-,21-,22+/m0/s1. The van der Waals surface area contributed by atoms with E-state index in [4.69, 9.17) is 25.4 Å². The zero-order valence-corrected chi connectivity index (χ0v) is 22.6. The van der Waals surface area contributed by atoms with Gasteiger partial charge in [0.2, 0.25) is 5.28 Å². The van der Waals surface area contributed by atoms with Gasteiger partial charge in [-0.25, -0.2) is 4.68 Å². The number of aryl methyl sites for hydroxylation is 1. The Balaban J connectivity index is 1.34. The number of hydrogen-bond acceptors (Lipinski definition) is 8. The Morgan fingerprint density at radius 3 is 2.72 bits per heavy atom. The summed E-state index contributed by atoms with van der Waals surface area (Å²) in [6.07, 6.45) is 6.06. The highest BCUT2D eigenvalue weighted by Crippen LogP contribution is 2.49. The third-order valence-electron chi connectivity index (χ3n) is 7.04. The molecule has 3 atom stereocenters. The van der Waals surface area contributed by atoms with Gasteiger partial charge in [0.15, 0.2) is 11.9 Å². The predicted molar refractivity (Wildman–Crippen MR) is 140 cm³/mol. The van der Waals surface area contributed by atoms with Crippen molar-refractivity contribution in [2.75, 3.05) is 31.3 Å². The molecule has 1 aliphatic carbocycles. The largest absolute Gasteiger partial charge is 0.353 e. The molecule has 3 heterocycles. The molecular formula is C25H33ClN5O4P. The first kappa shape index (κ1) is 25.6. The lowest BCUT2D eigenvalue weighted by molar-refractivity contribution is -0.00437. The van der Waals surface area contributed by atoms with E-state index in [1.54, 1.807) is 10.9 Å². The maximum absolute atomic E-state index is 12.8. The minimum absolute atomic E-state index is 0.0575.